The van der Waals surface area contributed by atoms with E-state index in [1.54, 1.807) is 14.2 Å². The number of carbonyl (C=O) groups excluding carboxylic acids is 1. The first-order valence-corrected chi connectivity index (χ1v) is 7.74. The molecule has 0 amide bonds. The van der Waals surface area contributed by atoms with E-state index >= 15 is 0 Å². The van der Waals surface area contributed by atoms with E-state index in [1.807, 2.05) is 26.0 Å². The first kappa shape index (κ1) is 16.6. The van der Waals surface area contributed by atoms with Gasteiger partial charge in [0.15, 0.2) is 0 Å². The molecule has 1 aromatic heterocycles. The van der Waals surface area contributed by atoms with Crippen molar-refractivity contribution in [2.75, 3.05) is 20.8 Å². The van der Waals surface area contributed by atoms with Gasteiger partial charge in [0.25, 0.3) is 0 Å². The van der Waals surface area contributed by atoms with Crippen LogP contribution >= 0.6 is 0 Å². The van der Waals surface area contributed by atoms with Gasteiger partial charge in [-0.2, -0.15) is 0 Å². The molecule has 1 aromatic carbocycles. The van der Waals surface area contributed by atoms with Crippen molar-refractivity contribution in [1.29, 1.82) is 0 Å². The van der Waals surface area contributed by atoms with Crippen LogP contribution in [0.5, 0.6) is 5.75 Å². The molecule has 0 N–H and O–H groups in total. The summed E-state index contributed by atoms with van der Waals surface area (Å²) in [4.78, 5) is 12.1. The summed E-state index contributed by atoms with van der Waals surface area (Å²) in [5.41, 5.74) is 2.13. The Labute approximate surface area is 132 Å². The highest BCUT2D eigenvalue weighted by Crippen LogP contribution is 2.30. The third-order valence-electron chi connectivity index (χ3n) is 3.95. The van der Waals surface area contributed by atoms with Crippen LogP contribution in [-0.2, 0) is 22.5 Å². The lowest BCUT2D eigenvalue weighted by Gasteiger charge is -2.12. The predicted molar refractivity (Wildman–Crippen MR) is 88.5 cm³/mol. The molecule has 0 spiro atoms. The van der Waals surface area contributed by atoms with Gasteiger partial charge in [-0.1, -0.05) is 19.9 Å². The van der Waals surface area contributed by atoms with E-state index in [0.717, 1.165) is 41.8 Å². The van der Waals surface area contributed by atoms with Gasteiger partial charge < -0.3 is 14.0 Å². The van der Waals surface area contributed by atoms with E-state index in [2.05, 4.69) is 16.8 Å². The van der Waals surface area contributed by atoms with Crippen molar-refractivity contribution in [3.05, 3.63) is 30.0 Å². The number of fused-ring (bicyclic) bond motifs is 1. The Bertz CT molecular complexity index is 643. The molecule has 2 rings (SSSR count). The molecule has 22 heavy (non-hydrogen) atoms. The van der Waals surface area contributed by atoms with E-state index in [1.165, 1.54) is 0 Å². The number of methoxy groups -OCH3 is 2. The topological polar surface area (TPSA) is 40.5 Å². The van der Waals surface area contributed by atoms with Gasteiger partial charge in [0.2, 0.25) is 0 Å². The second-order valence-corrected chi connectivity index (χ2v) is 5.84. The van der Waals surface area contributed by atoms with Crippen LogP contribution in [0.2, 0.25) is 0 Å². The highest BCUT2D eigenvalue weighted by Gasteiger charge is 2.15. The van der Waals surface area contributed by atoms with Crippen LogP contribution in [-0.4, -0.2) is 31.2 Å². The van der Waals surface area contributed by atoms with Crippen molar-refractivity contribution >= 4 is 16.7 Å². The van der Waals surface area contributed by atoms with E-state index < -0.39 is 0 Å². The highest BCUT2D eigenvalue weighted by atomic mass is 16.5. The van der Waals surface area contributed by atoms with Crippen LogP contribution in [0.4, 0.5) is 0 Å². The molecule has 0 aliphatic rings. The molecular formula is C18H25NO3. The van der Waals surface area contributed by atoms with E-state index in [9.17, 15) is 4.79 Å². The Morgan fingerprint density at radius 1 is 1.23 bits per heavy atom. The molecule has 0 aliphatic carbocycles. The lowest BCUT2D eigenvalue weighted by atomic mass is 9.98. The maximum Gasteiger partial charge on any atom is 0.143 e. The van der Waals surface area contributed by atoms with Crippen LogP contribution in [0.3, 0.4) is 0 Å². The summed E-state index contributed by atoms with van der Waals surface area (Å²) in [5.74, 6) is 1.16. The number of benzene rings is 1. The summed E-state index contributed by atoms with van der Waals surface area (Å²) in [5, 5.41) is 1.10. The van der Waals surface area contributed by atoms with Gasteiger partial charge in [0, 0.05) is 44.2 Å². The molecular weight excluding hydrogens is 278 g/mol. The average Bonchev–Trinajstić information content (AvgIpc) is 2.92. The third kappa shape index (κ3) is 3.50. The Kier molecular flexibility index (Phi) is 5.61. The first-order valence-electron chi connectivity index (χ1n) is 7.74. The van der Waals surface area contributed by atoms with Crippen molar-refractivity contribution in [3.8, 4) is 5.75 Å². The van der Waals surface area contributed by atoms with Gasteiger partial charge in [-0.05, 0) is 24.1 Å². The number of Topliss-reactive ketones (excluding diaryl/α,β-unsaturated/α-hetero) is 1. The van der Waals surface area contributed by atoms with Crippen LogP contribution in [0.1, 0.15) is 25.8 Å². The fraction of sp³-hybridized carbons (Fsp3) is 0.500. The molecule has 0 aliphatic heterocycles. The van der Waals surface area contributed by atoms with E-state index in [-0.39, 0.29) is 11.7 Å². The zero-order chi connectivity index (χ0) is 16.1. The number of nitrogens with zero attached hydrogens (tertiary/aromatic N) is 1. The zero-order valence-corrected chi connectivity index (χ0v) is 13.9. The highest BCUT2D eigenvalue weighted by molar-refractivity contribution is 5.93. The number of hydrogen-bond donors (Lipinski definition) is 0. The van der Waals surface area contributed by atoms with Gasteiger partial charge in [-0.15, -0.1) is 0 Å². The lowest BCUT2D eigenvalue weighted by Crippen LogP contribution is -2.10. The predicted octanol–water partition coefficient (Wildman–Crippen LogP) is 3.45. The standard InChI is InChI=1S/C18H25NO3/c1-13(2)16(20)12-14-6-7-17(22-4)18-15(14)8-10-19(18)9-5-11-21-3/h6-8,10,13H,5,9,11-12H2,1-4H3. The minimum Gasteiger partial charge on any atom is -0.495 e. The van der Waals surface area contributed by atoms with Crippen LogP contribution in [0.15, 0.2) is 24.4 Å². The normalized spacial score (nSPS) is 11.3. The summed E-state index contributed by atoms with van der Waals surface area (Å²) in [7, 11) is 3.39. The van der Waals surface area contributed by atoms with Gasteiger partial charge in [-0.3, -0.25) is 4.79 Å². The summed E-state index contributed by atoms with van der Waals surface area (Å²) < 4.78 is 12.8. The number of aryl methyl sites for hydroxylation is 1. The molecule has 4 heteroatoms. The Balaban J connectivity index is 2.38. The molecule has 0 bridgehead atoms. The number of hydrogen-bond acceptors (Lipinski definition) is 3. The van der Waals surface area contributed by atoms with Crippen molar-refractivity contribution in [2.24, 2.45) is 5.92 Å². The SMILES string of the molecule is COCCCn1ccc2c(CC(=O)C(C)C)ccc(OC)c21. The molecule has 4 nitrogen and oxygen atoms in total. The Morgan fingerprint density at radius 2 is 2.00 bits per heavy atom. The van der Waals surface area contributed by atoms with Gasteiger partial charge >= 0.3 is 0 Å². The van der Waals surface area contributed by atoms with Gasteiger partial charge in [0.05, 0.1) is 12.6 Å². The van der Waals surface area contributed by atoms with Crippen LogP contribution < -0.4 is 4.74 Å². The largest absolute Gasteiger partial charge is 0.495 e. The van der Waals surface area contributed by atoms with E-state index in [4.69, 9.17) is 9.47 Å². The molecule has 0 radical (unpaired) electrons. The number of carbonyl (C=O) groups is 1. The van der Waals surface area contributed by atoms with Gasteiger partial charge in [-0.25, -0.2) is 0 Å². The van der Waals surface area contributed by atoms with Crippen molar-refractivity contribution in [2.45, 2.75) is 33.2 Å². The molecule has 1 heterocycles. The molecule has 120 valence electrons. The number of ketones is 1. The fourth-order valence-electron chi connectivity index (χ4n) is 2.63. The van der Waals surface area contributed by atoms with E-state index in [0.29, 0.717) is 6.42 Å². The summed E-state index contributed by atoms with van der Waals surface area (Å²) >= 11 is 0. The minimum atomic E-state index is 0.0564. The molecule has 0 saturated carbocycles. The summed E-state index contributed by atoms with van der Waals surface area (Å²) in [6.45, 7) is 5.49. The monoisotopic (exact) mass is 303 g/mol. The van der Waals surface area contributed by atoms with Crippen molar-refractivity contribution < 1.29 is 14.3 Å². The Morgan fingerprint density at radius 3 is 2.64 bits per heavy atom. The molecule has 0 atom stereocenters. The molecule has 0 unspecified atom stereocenters. The van der Waals surface area contributed by atoms with Crippen molar-refractivity contribution in [1.82, 2.24) is 4.57 Å². The third-order valence-corrected chi connectivity index (χ3v) is 3.95. The summed E-state index contributed by atoms with van der Waals surface area (Å²) in [6, 6.07) is 6.03. The maximum absolute atomic E-state index is 12.1. The number of aromatic nitrogens is 1. The lowest BCUT2D eigenvalue weighted by molar-refractivity contribution is -0.121. The number of rotatable bonds is 8. The molecule has 2 aromatic rings. The summed E-state index contributed by atoms with van der Waals surface area (Å²) in [6.07, 6.45) is 3.48. The van der Waals surface area contributed by atoms with Gasteiger partial charge in [0.1, 0.15) is 11.5 Å². The molecule has 0 fully saturated rings. The van der Waals surface area contributed by atoms with Crippen LogP contribution in [0.25, 0.3) is 10.9 Å². The van der Waals surface area contributed by atoms with Crippen molar-refractivity contribution in [3.63, 3.8) is 0 Å². The maximum atomic E-state index is 12.1. The first-order chi connectivity index (χ1) is 10.6. The fourth-order valence-corrected chi connectivity index (χ4v) is 2.63. The smallest absolute Gasteiger partial charge is 0.143 e. The van der Waals surface area contributed by atoms with Crippen LogP contribution in [0, 0.1) is 5.92 Å². The second-order valence-electron chi connectivity index (χ2n) is 5.84. The zero-order valence-electron chi connectivity index (χ0n) is 13.9. The Hall–Kier alpha value is -1.81. The molecule has 0 saturated heterocycles. The quantitative estimate of drug-likeness (QED) is 0.701. The minimum absolute atomic E-state index is 0.0564. The number of ether oxygens (including phenoxy) is 2. The average molecular weight is 303 g/mol. The second kappa shape index (κ2) is 7.45.